The molecule has 0 radical (unpaired) electrons. The number of carbonyl (C=O) groups is 4. The van der Waals surface area contributed by atoms with Gasteiger partial charge in [-0.15, -0.1) is 0 Å². The minimum absolute atomic E-state index is 0.00369. The lowest BCUT2D eigenvalue weighted by Gasteiger charge is -2.10. The molecule has 0 bridgehead atoms. The third kappa shape index (κ3) is 15.1. The quantitative estimate of drug-likeness (QED) is 0.0179. The van der Waals surface area contributed by atoms with Crippen molar-refractivity contribution in [3.8, 4) is 34.5 Å². The number of nitrogens with zero attached hydrogens (tertiary/aromatic N) is 1. The summed E-state index contributed by atoms with van der Waals surface area (Å²) in [4.78, 5) is 63.0. The Morgan fingerprint density at radius 1 is 0.413 bits per heavy atom. The molecule has 0 saturated heterocycles. The molecule has 0 fully saturated rings. The van der Waals surface area contributed by atoms with Crippen LogP contribution in [0.15, 0.2) is 115 Å². The fraction of sp³-hybridized carbons (Fsp3) is 0.320. The van der Waals surface area contributed by atoms with Gasteiger partial charge >= 0.3 is 29.6 Å². The first-order valence-electron chi connectivity index (χ1n) is 21.5. The number of benzene rings is 5. The predicted molar refractivity (Wildman–Crippen MR) is 236 cm³/mol. The van der Waals surface area contributed by atoms with Crippen LogP contribution in [0.3, 0.4) is 0 Å². The number of para-hydroxylation sites is 1. The molecule has 13 nitrogen and oxygen atoms in total. The van der Waals surface area contributed by atoms with Gasteiger partial charge in [-0.25, -0.2) is 19.2 Å². The van der Waals surface area contributed by atoms with Crippen molar-refractivity contribution < 1.29 is 52.5 Å². The summed E-state index contributed by atoms with van der Waals surface area (Å²) in [5, 5.41) is 12.2. The Hall–Kier alpha value is -7.02. The van der Waals surface area contributed by atoms with Crippen LogP contribution >= 0.6 is 0 Å². The van der Waals surface area contributed by atoms with Crippen LogP contribution in [0.1, 0.15) is 132 Å². The normalized spacial score (nSPS) is 10.7. The van der Waals surface area contributed by atoms with Gasteiger partial charge in [0.25, 0.3) is 0 Å². The molecule has 5 aromatic carbocycles. The van der Waals surface area contributed by atoms with Crippen LogP contribution in [0.5, 0.6) is 34.5 Å². The average Bonchev–Trinajstić information content (AvgIpc) is 3.29. The number of nitro benzene ring substituents is 1. The van der Waals surface area contributed by atoms with Crippen LogP contribution in [0.2, 0.25) is 0 Å². The maximum Gasteiger partial charge on any atom is 0.353 e. The monoisotopic (exact) mass is 859 g/mol. The van der Waals surface area contributed by atoms with Gasteiger partial charge in [-0.2, -0.15) is 0 Å². The number of esters is 4. The second kappa shape index (κ2) is 25.0. The Balaban J connectivity index is 1.10. The third-order valence-electron chi connectivity index (χ3n) is 9.86. The molecule has 0 aliphatic rings. The van der Waals surface area contributed by atoms with Crippen LogP contribution < -0.4 is 28.4 Å². The van der Waals surface area contributed by atoms with Crippen molar-refractivity contribution in [2.45, 2.75) is 90.9 Å². The molecule has 5 rings (SSSR count). The first-order valence-corrected chi connectivity index (χ1v) is 21.5. The Morgan fingerprint density at radius 2 is 0.714 bits per heavy atom. The molecular formula is C50H53NO12. The molecule has 0 aliphatic carbocycles. The van der Waals surface area contributed by atoms with E-state index in [0.717, 1.165) is 25.7 Å². The summed E-state index contributed by atoms with van der Waals surface area (Å²) in [6.45, 7) is 5.57. The summed E-state index contributed by atoms with van der Waals surface area (Å²) in [6, 6.07) is 27.8. The van der Waals surface area contributed by atoms with E-state index in [1.165, 1.54) is 118 Å². The molecule has 330 valence electrons. The maximum atomic E-state index is 13.1. The van der Waals surface area contributed by atoms with Gasteiger partial charge in [-0.1, -0.05) is 84.1 Å². The van der Waals surface area contributed by atoms with Gasteiger partial charge in [-0.3, -0.25) is 10.1 Å². The molecule has 0 heterocycles. The lowest BCUT2D eigenvalue weighted by molar-refractivity contribution is -0.386. The van der Waals surface area contributed by atoms with Crippen molar-refractivity contribution >= 4 is 29.6 Å². The van der Waals surface area contributed by atoms with Crippen molar-refractivity contribution in [3.05, 3.63) is 148 Å². The van der Waals surface area contributed by atoms with E-state index in [2.05, 4.69) is 13.8 Å². The van der Waals surface area contributed by atoms with E-state index < -0.39 is 46.0 Å². The first-order chi connectivity index (χ1) is 30.6. The molecule has 0 spiro atoms. The van der Waals surface area contributed by atoms with Gasteiger partial charge in [0, 0.05) is 0 Å². The van der Waals surface area contributed by atoms with Crippen molar-refractivity contribution in [2.24, 2.45) is 0 Å². The second-order valence-corrected chi connectivity index (χ2v) is 14.7. The minimum atomic E-state index is -0.950. The first kappa shape index (κ1) is 47.0. The van der Waals surface area contributed by atoms with Crippen molar-refractivity contribution in [1.82, 2.24) is 0 Å². The average molecular weight is 860 g/mol. The number of ether oxygens (including phenoxy) is 6. The van der Waals surface area contributed by atoms with Crippen LogP contribution in [0.25, 0.3) is 0 Å². The van der Waals surface area contributed by atoms with E-state index in [-0.39, 0.29) is 22.6 Å². The highest BCUT2D eigenvalue weighted by atomic mass is 16.6. The molecule has 0 atom stereocenters. The van der Waals surface area contributed by atoms with Crippen LogP contribution in [0, 0.1) is 10.1 Å². The van der Waals surface area contributed by atoms with Gasteiger partial charge in [-0.05, 0) is 122 Å². The number of hydrogen-bond donors (Lipinski definition) is 0. The lowest BCUT2D eigenvalue weighted by Crippen LogP contribution is -2.13. The summed E-state index contributed by atoms with van der Waals surface area (Å²) >= 11 is 0. The van der Waals surface area contributed by atoms with Crippen molar-refractivity contribution in [3.63, 3.8) is 0 Å². The number of hydrogen-bond acceptors (Lipinski definition) is 12. The van der Waals surface area contributed by atoms with E-state index in [1.54, 1.807) is 48.5 Å². The van der Waals surface area contributed by atoms with Gasteiger partial charge < -0.3 is 28.4 Å². The Kier molecular flexibility index (Phi) is 18.7. The topological polar surface area (TPSA) is 167 Å². The number of nitro groups is 1. The fourth-order valence-electron chi connectivity index (χ4n) is 6.33. The SMILES string of the molecule is CCCCCCCCOc1ccc(C(=O)Oc2ccc(C(=O)Oc3cccc(OC(=O)c4ccc(OC(=O)c5ccc(OCCCCCCCC)cc5)cc4)c3[N+](=O)[O-])cc2)cc1. The smallest absolute Gasteiger partial charge is 0.353 e. The highest BCUT2D eigenvalue weighted by molar-refractivity contribution is 5.95. The molecule has 0 N–H and O–H groups in total. The Labute approximate surface area is 367 Å². The van der Waals surface area contributed by atoms with E-state index in [4.69, 9.17) is 28.4 Å². The van der Waals surface area contributed by atoms with Crippen LogP contribution in [0.4, 0.5) is 5.69 Å². The predicted octanol–water partition coefficient (Wildman–Crippen LogP) is 12.0. The van der Waals surface area contributed by atoms with Gasteiger partial charge in [0.2, 0.25) is 11.5 Å². The summed E-state index contributed by atoms with van der Waals surface area (Å²) in [7, 11) is 0. The zero-order valence-corrected chi connectivity index (χ0v) is 35.7. The highest BCUT2D eigenvalue weighted by Crippen LogP contribution is 2.37. The molecule has 13 heteroatoms. The fourth-order valence-corrected chi connectivity index (χ4v) is 6.33. The molecule has 0 aromatic heterocycles. The standard InChI is InChI=1S/C50H53NO12/c1-3-5-7-9-11-13-34-58-40-26-18-36(19-27-40)47(52)60-42-30-22-38(23-31-42)49(54)62-44-16-15-17-45(46(44)51(56)57)63-50(55)39-24-32-43(33-25-39)61-48(53)37-20-28-41(29-21-37)59-35-14-12-10-8-6-4-2/h15-33H,3-14,34-35H2,1-2H3. The number of unbranched alkanes of at least 4 members (excludes halogenated alkanes) is 10. The molecule has 0 unspecified atom stereocenters. The maximum absolute atomic E-state index is 13.1. The molecular weight excluding hydrogens is 807 g/mol. The zero-order chi connectivity index (χ0) is 44.8. The summed E-state index contributed by atoms with van der Waals surface area (Å²) in [6.07, 6.45) is 13.9. The molecule has 0 saturated carbocycles. The number of rotatable bonds is 25. The summed E-state index contributed by atoms with van der Waals surface area (Å²) in [5.41, 5.74) is -0.141. The van der Waals surface area contributed by atoms with Gasteiger partial charge in [0.05, 0.1) is 40.4 Å². The lowest BCUT2D eigenvalue weighted by atomic mass is 10.1. The van der Waals surface area contributed by atoms with Crippen molar-refractivity contribution in [2.75, 3.05) is 13.2 Å². The highest BCUT2D eigenvalue weighted by Gasteiger charge is 2.27. The minimum Gasteiger partial charge on any atom is -0.494 e. The molecule has 0 aliphatic heterocycles. The van der Waals surface area contributed by atoms with E-state index in [0.29, 0.717) is 35.8 Å². The third-order valence-corrected chi connectivity index (χ3v) is 9.86. The van der Waals surface area contributed by atoms with E-state index in [1.807, 2.05) is 0 Å². The van der Waals surface area contributed by atoms with Crippen LogP contribution in [-0.2, 0) is 0 Å². The largest absolute Gasteiger partial charge is 0.494 e. The van der Waals surface area contributed by atoms with Gasteiger partial charge in [0.15, 0.2) is 0 Å². The molecule has 5 aromatic rings. The van der Waals surface area contributed by atoms with E-state index >= 15 is 0 Å². The molecule has 0 amide bonds. The number of carbonyl (C=O) groups excluding carboxylic acids is 4. The summed E-state index contributed by atoms with van der Waals surface area (Å²) < 4.78 is 33.2. The Morgan fingerprint density at radius 3 is 1.05 bits per heavy atom. The van der Waals surface area contributed by atoms with E-state index in [9.17, 15) is 29.3 Å². The van der Waals surface area contributed by atoms with Gasteiger partial charge in [0.1, 0.15) is 23.0 Å². The summed E-state index contributed by atoms with van der Waals surface area (Å²) in [5.74, 6) is -2.45. The molecule has 63 heavy (non-hydrogen) atoms. The Bertz CT molecular complexity index is 2100. The van der Waals surface area contributed by atoms with Crippen molar-refractivity contribution in [1.29, 1.82) is 0 Å². The van der Waals surface area contributed by atoms with Crippen LogP contribution in [-0.4, -0.2) is 42.0 Å². The zero-order valence-electron chi connectivity index (χ0n) is 35.7. The second-order valence-electron chi connectivity index (χ2n) is 14.7.